The monoisotopic (exact) mass is 386 g/mol. The Kier molecular flexibility index (Phi) is 5.00. The highest BCUT2D eigenvalue weighted by Crippen LogP contribution is 2.61. The van der Waals surface area contributed by atoms with Gasteiger partial charge in [-0.1, -0.05) is 17.7 Å². The zero-order valence-electron chi connectivity index (χ0n) is 16.3. The molecule has 5 rings (SSSR count). The first kappa shape index (κ1) is 18.9. The second kappa shape index (κ2) is 7.16. The van der Waals surface area contributed by atoms with Gasteiger partial charge in [0.15, 0.2) is 0 Å². The van der Waals surface area contributed by atoms with Crippen molar-refractivity contribution in [3.05, 3.63) is 29.8 Å². The quantitative estimate of drug-likeness (QED) is 0.579. The fraction of sp³-hybridized carbons (Fsp3) is 0.636. The maximum absolute atomic E-state index is 13.1. The number of nitrogens with one attached hydrogen (secondary N) is 2. The molecule has 4 saturated carbocycles. The van der Waals surface area contributed by atoms with Crippen molar-refractivity contribution >= 4 is 23.6 Å². The molecule has 0 spiro atoms. The number of amides is 2. The SMILES string of the molecule is CC(=O)NC12CC3CC(C1)CC(C(=O)NCCSc1ccc(C)cc1)(C3)C2. The van der Waals surface area contributed by atoms with Crippen LogP contribution in [0.5, 0.6) is 0 Å². The lowest BCUT2D eigenvalue weighted by Gasteiger charge is -2.61. The molecule has 0 heterocycles. The van der Waals surface area contributed by atoms with Crippen LogP contribution in [-0.4, -0.2) is 29.7 Å². The summed E-state index contributed by atoms with van der Waals surface area (Å²) in [5.41, 5.74) is 0.868. The van der Waals surface area contributed by atoms with Crippen molar-refractivity contribution in [2.45, 2.75) is 62.8 Å². The van der Waals surface area contributed by atoms with Gasteiger partial charge in [0, 0.05) is 29.7 Å². The lowest BCUT2D eigenvalue weighted by Crippen LogP contribution is -2.65. The molecule has 4 bridgehead atoms. The van der Waals surface area contributed by atoms with E-state index in [1.54, 1.807) is 18.7 Å². The molecule has 0 saturated heterocycles. The van der Waals surface area contributed by atoms with Crippen molar-refractivity contribution in [2.75, 3.05) is 12.3 Å². The Morgan fingerprint density at radius 2 is 1.78 bits per heavy atom. The number of rotatable bonds is 6. The zero-order valence-corrected chi connectivity index (χ0v) is 17.2. The number of aryl methyl sites for hydroxylation is 1. The molecule has 4 fully saturated rings. The predicted octanol–water partition coefficient (Wildman–Crippen LogP) is 3.68. The number of carbonyl (C=O) groups is 2. The van der Waals surface area contributed by atoms with Crippen LogP contribution in [0, 0.1) is 24.2 Å². The third kappa shape index (κ3) is 3.89. The molecule has 2 amide bonds. The molecule has 1 aromatic rings. The fourth-order valence-corrected chi connectivity index (χ4v) is 6.97. The third-order valence-corrected chi connectivity index (χ3v) is 7.68. The van der Waals surface area contributed by atoms with Crippen LogP contribution in [0.1, 0.15) is 51.0 Å². The molecule has 2 atom stereocenters. The van der Waals surface area contributed by atoms with Gasteiger partial charge in [-0.2, -0.15) is 0 Å². The van der Waals surface area contributed by atoms with E-state index in [4.69, 9.17) is 0 Å². The van der Waals surface area contributed by atoms with E-state index in [-0.39, 0.29) is 22.8 Å². The fourth-order valence-electron chi connectivity index (χ4n) is 6.20. The number of carbonyl (C=O) groups excluding carboxylic acids is 2. The van der Waals surface area contributed by atoms with Gasteiger partial charge in [-0.25, -0.2) is 0 Å². The summed E-state index contributed by atoms with van der Waals surface area (Å²) < 4.78 is 0. The smallest absolute Gasteiger partial charge is 0.226 e. The molecular weight excluding hydrogens is 356 g/mol. The molecule has 4 aliphatic carbocycles. The third-order valence-electron chi connectivity index (χ3n) is 6.66. The van der Waals surface area contributed by atoms with E-state index in [0.717, 1.165) is 37.9 Å². The van der Waals surface area contributed by atoms with Crippen molar-refractivity contribution in [1.29, 1.82) is 0 Å². The van der Waals surface area contributed by atoms with E-state index in [0.29, 0.717) is 18.4 Å². The van der Waals surface area contributed by atoms with Crippen LogP contribution >= 0.6 is 11.8 Å². The summed E-state index contributed by atoms with van der Waals surface area (Å²) >= 11 is 1.78. The Labute approximate surface area is 166 Å². The standard InChI is InChI=1S/C22H30N2O2S/c1-15-3-5-19(6-4-15)27-8-7-23-20(26)21-10-17-9-18(11-21)13-22(12-17,14-21)24-16(2)25/h3-6,17-18H,7-14H2,1-2H3,(H,23,26)(H,24,25). The maximum atomic E-state index is 13.1. The van der Waals surface area contributed by atoms with Gasteiger partial charge in [0.1, 0.15) is 0 Å². The van der Waals surface area contributed by atoms with Gasteiger partial charge in [-0.3, -0.25) is 9.59 Å². The Morgan fingerprint density at radius 3 is 2.41 bits per heavy atom. The van der Waals surface area contributed by atoms with E-state index in [1.165, 1.54) is 16.9 Å². The Morgan fingerprint density at radius 1 is 1.11 bits per heavy atom. The van der Waals surface area contributed by atoms with Gasteiger partial charge in [0.05, 0.1) is 5.41 Å². The van der Waals surface area contributed by atoms with Gasteiger partial charge in [-0.15, -0.1) is 11.8 Å². The van der Waals surface area contributed by atoms with Crippen LogP contribution < -0.4 is 10.6 Å². The first-order chi connectivity index (χ1) is 12.9. The summed E-state index contributed by atoms with van der Waals surface area (Å²) in [6.07, 6.45) is 6.18. The second-order valence-electron chi connectivity index (χ2n) is 9.12. The average Bonchev–Trinajstić information content (AvgIpc) is 2.57. The van der Waals surface area contributed by atoms with Crippen LogP contribution in [0.15, 0.2) is 29.2 Å². The van der Waals surface area contributed by atoms with Crippen molar-refractivity contribution in [2.24, 2.45) is 17.3 Å². The molecule has 2 unspecified atom stereocenters. The van der Waals surface area contributed by atoms with E-state index in [9.17, 15) is 9.59 Å². The van der Waals surface area contributed by atoms with Crippen molar-refractivity contribution in [3.8, 4) is 0 Å². The van der Waals surface area contributed by atoms with Gasteiger partial charge in [-0.05, 0) is 69.4 Å². The molecule has 2 N–H and O–H groups in total. The Hall–Kier alpha value is -1.49. The summed E-state index contributed by atoms with van der Waals surface area (Å²) in [4.78, 5) is 26.1. The van der Waals surface area contributed by atoms with Gasteiger partial charge < -0.3 is 10.6 Å². The van der Waals surface area contributed by atoms with Gasteiger partial charge in [0.2, 0.25) is 11.8 Å². The van der Waals surface area contributed by atoms with E-state index < -0.39 is 0 Å². The van der Waals surface area contributed by atoms with E-state index >= 15 is 0 Å². The molecule has 4 aliphatic rings. The van der Waals surface area contributed by atoms with Crippen LogP contribution in [0.25, 0.3) is 0 Å². The Bertz CT molecular complexity index is 716. The largest absolute Gasteiger partial charge is 0.355 e. The lowest BCUT2D eigenvalue weighted by atomic mass is 9.46. The summed E-state index contributed by atoms with van der Waals surface area (Å²) in [6, 6.07) is 8.52. The number of hydrogen-bond acceptors (Lipinski definition) is 3. The van der Waals surface area contributed by atoms with Gasteiger partial charge in [0.25, 0.3) is 0 Å². The lowest BCUT2D eigenvalue weighted by molar-refractivity contribution is -0.152. The number of thioether (sulfide) groups is 1. The van der Waals surface area contributed by atoms with E-state index in [1.807, 2.05) is 0 Å². The molecule has 0 aliphatic heterocycles. The number of hydrogen-bond donors (Lipinski definition) is 2. The maximum Gasteiger partial charge on any atom is 0.226 e. The molecule has 5 heteroatoms. The van der Waals surface area contributed by atoms with Gasteiger partial charge >= 0.3 is 0 Å². The topological polar surface area (TPSA) is 58.2 Å². The normalized spacial score (nSPS) is 33.7. The summed E-state index contributed by atoms with van der Waals surface area (Å²) in [5, 5.41) is 6.46. The summed E-state index contributed by atoms with van der Waals surface area (Å²) in [6.45, 7) is 4.39. The van der Waals surface area contributed by atoms with Crippen molar-refractivity contribution in [1.82, 2.24) is 10.6 Å². The first-order valence-electron chi connectivity index (χ1n) is 10.1. The first-order valence-corrected chi connectivity index (χ1v) is 11.1. The second-order valence-corrected chi connectivity index (χ2v) is 10.3. The Balaban J connectivity index is 1.35. The van der Waals surface area contributed by atoms with Crippen LogP contribution in [-0.2, 0) is 9.59 Å². The molecule has 0 aromatic heterocycles. The zero-order chi connectivity index (χ0) is 19.1. The predicted molar refractivity (Wildman–Crippen MR) is 109 cm³/mol. The van der Waals surface area contributed by atoms with Crippen LogP contribution in [0.3, 0.4) is 0 Å². The van der Waals surface area contributed by atoms with E-state index in [2.05, 4.69) is 41.8 Å². The average molecular weight is 387 g/mol. The van der Waals surface area contributed by atoms with Crippen LogP contribution in [0.4, 0.5) is 0 Å². The molecule has 0 radical (unpaired) electrons. The molecular formula is C22H30N2O2S. The summed E-state index contributed by atoms with van der Waals surface area (Å²) in [5.74, 6) is 2.32. The van der Waals surface area contributed by atoms with Crippen molar-refractivity contribution < 1.29 is 9.59 Å². The minimum atomic E-state index is -0.263. The summed E-state index contributed by atoms with van der Waals surface area (Å²) in [7, 11) is 0. The minimum Gasteiger partial charge on any atom is -0.355 e. The highest BCUT2D eigenvalue weighted by Gasteiger charge is 2.60. The highest BCUT2D eigenvalue weighted by molar-refractivity contribution is 7.99. The number of benzene rings is 1. The molecule has 1 aromatic carbocycles. The molecule has 146 valence electrons. The molecule has 27 heavy (non-hydrogen) atoms. The van der Waals surface area contributed by atoms with Crippen LogP contribution in [0.2, 0.25) is 0 Å². The minimum absolute atomic E-state index is 0.0435. The molecule has 4 nitrogen and oxygen atoms in total. The highest BCUT2D eigenvalue weighted by atomic mass is 32.2. The van der Waals surface area contributed by atoms with Crippen molar-refractivity contribution in [3.63, 3.8) is 0 Å².